The van der Waals surface area contributed by atoms with Gasteiger partial charge >= 0.3 is 5.97 Å². The van der Waals surface area contributed by atoms with Crippen molar-refractivity contribution in [2.75, 3.05) is 19.8 Å². The number of ether oxygens (including phenoxy) is 2. The standard InChI is InChI=1S/C16H29NO4/c1-5-20-15(19)13(16(2,3)4)14(18)17-10-9-12-8-6-7-11-21-12/h12-13H,5-11H2,1-4H3,(H,17,18). The Kier molecular flexibility index (Phi) is 7.15. The van der Waals surface area contributed by atoms with Crippen molar-refractivity contribution in [3.05, 3.63) is 0 Å². The molecule has 1 fully saturated rings. The molecule has 2 unspecified atom stereocenters. The Morgan fingerprint density at radius 3 is 2.57 bits per heavy atom. The van der Waals surface area contributed by atoms with E-state index in [0.717, 1.165) is 25.9 Å². The Bertz CT molecular complexity index is 343. The third-order valence-electron chi connectivity index (χ3n) is 3.69. The lowest BCUT2D eigenvalue weighted by atomic mass is 9.80. The average Bonchev–Trinajstić information content (AvgIpc) is 2.38. The van der Waals surface area contributed by atoms with Gasteiger partial charge in [-0.15, -0.1) is 0 Å². The summed E-state index contributed by atoms with van der Waals surface area (Å²) in [6.45, 7) is 9.00. The molecule has 1 saturated heterocycles. The Hall–Kier alpha value is -1.10. The number of esters is 1. The first-order chi connectivity index (χ1) is 9.86. The Morgan fingerprint density at radius 2 is 2.05 bits per heavy atom. The summed E-state index contributed by atoms with van der Waals surface area (Å²) >= 11 is 0. The van der Waals surface area contributed by atoms with Gasteiger partial charge in [0.2, 0.25) is 5.91 Å². The molecule has 0 saturated carbocycles. The molecule has 1 N–H and O–H groups in total. The first kappa shape index (κ1) is 18.0. The van der Waals surface area contributed by atoms with Gasteiger partial charge in [-0.25, -0.2) is 0 Å². The van der Waals surface area contributed by atoms with Crippen LogP contribution in [0.25, 0.3) is 0 Å². The van der Waals surface area contributed by atoms with Crippen LogP contribution < -0.4 is 5.32 Å². The van der Waals surface area contributed by atoms with E-state index in [0.29, 0.717) is 6.54 Å². The number of hydrogen-bond donors (Lipinski definition) is 1. The summed E-state index contributed by atoms with van der Waals surface area (Å²) in [6.07, 6.45) is 4.39. The van der Waals surface area contributed by atoms with Crippen LogP contribution in [0.15, 0.2) is 0 Å². The van der Waals surface area contributed by atoms with E-state index in [1.807, 2.05) is 20.8 Å². The highest BCUT2D eigenvalue weighted by molar-refractivity contribution is 5.98. The molecule has 1 rings (SSSR count). The van der Waals surface area contributed by atoms with Gasteiger partial charge in [-0.3, -0.25) is 9.59 Å². The predicted molar refractivity (Wildman–Crippen MR) is 80.8 cm³/mol. The average molecular weight is 299 g/mol. The monoisotopic (exact) mass is 299 g/mol. The summed E-state index contributed by atoms with van der Waals surface area (Å²) in [4.78, 5) is 24.3. The van der Waals surface area contributed by atoms with Crippen molar-refractivity contribution in [1.29, 1.82) is 0 Å². The predicted octanol–water partition coefficient (Wildman–Crippen LogP) is 2.29. The van der Waals surface area contributed by atoms with Gasteiger partial charge in [-0.1, -0.05) is 20.8 Å². The smallest absolute Gasteiger partial charge is 0.319 e. The van der Waals surface area contributed by atoms with Crippen molar-refractivity contribution in [1.82, 2.24) is 5.32 Å². The van der Waals surface area contributed by atoms with Gasteiger partial charge < -0.3 is 14.8 Å². The molecule has 2 atom stereocenters. The zero-order valence-electron chi connectivity index (χ0n) is 13.7. The molecule has 5 heteroatoms. The largest absolute Gasteiger partial charge is 0.465 e. The first-order valence-corrected chi connectivity index (χ1v) is 7.92. The van der Waals surface area contributed by atoms with Crippen LogP contribution in [0.1, 0.15) is 53.4 Å². The lowest BCUT2D eigenvalue weighted by molar-refractivity contribution is -0.156. The fraction of sp³-hybridized carbons (Fsp3) is 0.875. The van der Waals surface area contributed by atoms with Crippen molar-refractivity contribution in [3.8, 4) is 0 Å². The van der Waals surface area contributed by atoms with Crippen LogP contribution in [-0.2, 0) is 19.1 Å². The summed E-state index contributed by atoms with van der Waals surface area (Å²) in [7, 11) is 0. The van der Waals surface area contributed by atoms with Gasteiger partial charge in [0.15, 0.2) is 0 Å². The second-order valence-electron chi connectivity index (χ2n) is 6.62. The Morgan fingerprint density at radius 1 is 1.33 bits per heavy atom. The molecule has 0 aromatic carbocycles. The number of carbonyl (C=O) groups excluding carboxylic acids is 2. The van der Waals surface area contributed by atoms with E-state index in [-0.39, 0.29) is 18.6 Å². The maximum Gasteiger partial charge on any atom is 0.319 e. The minimum absolute atomic E-state index is 0.231. The van der Waals surface area contributed by atoms with Crippen LogP contribution in [0.3, 0.4) is 0 Å². The quantitative estimate of drug-likeness (QED) is 0.604. The van der Waals surface area contributed by atoms with Crippen LogP contribution in [0, 0.1) is 11.3 Å². The number of hydrogen-bond acceptors (Lipinski definition) is 4. The van der Waals surface area contributed by atoms with E-state index in [1.165, 1.54) is 6.42 Å². The molecule has 0 aromatic rings. The molecular weight excluding hydrogens is 270 g/mol. The van der Waals surface area contributed by atoms with Crippen LogP contribution in [-0.4, -0.2) is 37.7 Å². The first-order valence-electron chi connectivity index (χ1n) is 7.92. The van der Waals surface area contributed by atoms with Crippen LogP contribution in [0.2, 0.25) is 0 Å². The second-order valence-corrected chi connectivity index (χ2v) is 6.62. The lowest BCUT2D eigenvalue weighted by Gasteiger charge is -2.28. The minimum atomic E-state index is -0.773. The highest BCUT2D eigenvalue weighted by Gasteiger charge is 2.38. The normalized spacial score (nSPS) is 20.7. The Balaban J connectivity index is 2.46. The van der Waals surface area contributed by atoms with Gasteiger partial charge in [-0.05, 0) is 38.0 Å². The molecule has 0 radical (unpaired) electrons. The highest BCUT2D eigenvalue weighted by atomic mass is 16.5. The minimum Gasteiger partial charge on any atom is -0.465 e. The third-order valence-corrected chi connectivity index (χ3v) is 3.69. The van der Waals surface area contributed by atoms with Gasteiger partial charge in [0.1, 0.15) is 5.92 Å². The van der Waals surface area contributed by atoms with Gasteiger partial charge in [0, 0.05) is 13.2 Å². The van der Waals surface area contributed by atoms with E-state index in [1.54, 1.807) is 6.92 Å². The van der Waals surface area contributed by atoms with Crippen molar-refractivity contribution < 1.29 is 19.1 Å². The molecule has 1 aliphatic rings. The van der Waals surface area contributed by atoms with Crippen LogP contribution >= 0.6 is 0 Å². The number of nitrogens with one attached hydrogen (secondary N) is 1. The summed E-state index contributed by atoms with van der Waals surface area (Å²) < 4.78 is 10.7. The van der Waals surface area contributed by atoms with Gasteiger partial charge in [0.25, 0.3) is 0 Å². The maximum absolute atomic E-state index is 12.3. The molecule has 1 heterocycles. The molecule has 0 spiro atoms. The maximum atomic E-state index is 12.3. The third kappa shape index (κ3) is 6.04. The Labute approximate surface area is 127 Å². The molecule has 5 nitrogen and oxygen atoms in total. The molecule has 1 aliphatic heterocycles. The summed E-state index contributed by atoms with van der Waals surface area (Å²) in [5.41, 5.74) is -0.461. The molecule has 122 valence electrons. The van der Waals surface area contributed by atoms with Crippen molar-refractivity contribution >= 4 is 11.9 Å². The van der Waals surface area contributed by atoms with E-state index in [2.05, 4.69) is 5.32 Å². The zero-order chi connectivity index (χ0) is 15.9. The van der Waals surface area contributed by atoms with Crippen molar-refractivity contribution in [2.45, 2.75) is 59.5 Å². The van der Waals surface area contributed by atoms with E-state index in [9.17, 15) is 9.59 Å². The highest BCUT2D eigenvalue weighted by Crippen LogP contribution is 2.27. The molecule has 1 amide bonds. The SMILES string of the molecule is CCOC(=O)C(C(=O)NCCC1CCCCO1)C(C)(C)C. The molecule has 0 bridgehead atoms. The lowest BCUT2D eigenvalue weighted by Crippen LogP contribution is -2.44. The summed E-state index contributed by atoms with van der Waals surface area (Å²) in [5.74, 6) is -1.47. The van der Waals surface area contributed by atoms with Gasteiger partial charge in [0.05, 0.1) is 12.7 Å². The second kappa shape index (κ2) is 8.37. The number of carbonyl (C=O) groups is 2. The fourth-order valence-corrected chi connectivity index (χ4v) is 2.57. The fourth-order valence-electron chi connectivity index (χ4n) is 2.57. The van der Waals surface area contributed by atoms with Crippen LogP contribution in [0.4, 0.5) is 0 Å². The molecule has 21 heavy (non-hydrogen) atoms. The topological polar surface area (TPSA) is 64.6 Å². The van der Waals surface area contributed by atoms with Crippen molar-refractivity contribution in [3.63, 3.8) is 0 Å². The number of rotatable bonds is 6. The van der Waals surface area contributed by atoms with Gasteiger partial charge in [-0.2, -0.15) is 0 Å². The summed E-state index contributed by atoms with van der Waals surface area (Å²) in [5, 5.41) is 2.86. The van der Waals surface area contributed by atoms with E-state index in [4.69, 9.17) is 9.47 Å². The molecular formula is C16H29NO4. The van der Waals surface area contributed by atoms with Crippen LogP contribution in [0.5, 0.6) is 0 Å². The van der Waals surface area contributed by atoms with E-state index >= 15 is 0 Å². The zero-order valence-corrected chi connectivity index (χ0v) is 13.7. The van der Waals surface area contributed by atoms with Crippen molar-refractivity contribution in [2.24, 2.45) is 11.3 Å². The molecule has 0 aromatic heterocycles. The van der Waals surface area contributed by atoms with E-state index < -0.39 is 17.3 Å². The molecule has 0 aliphatic carbocycles. The summed E-state index contributed by atoms with van der Waals surface area (Å²) in [6, 6.07) is 0. The number of amides is 1.